The molecule has 0 N–H and O–H groups in total. The quantitative estimate of drug-likeness (QED) is 0.803. The van der Waals surface area contributed by atoms with E-state index in [0.717, 1.165) is 5.56 Å². The second kappa shape index (κ2) is 7.33. The molecule has 0 bridgehead atoms. The third kappa shape index (κ3) is 3.24. The predicted octanol–water partition coefficient (Wildman–Crippen LogP) is 4.19. The Labute approximate surface area is 156 Å². The molecule has 1 atom stereocenters. The van der Waals surface area contributed by atoms with Gasteiger partial charge in [0.15, 0.2) is 11.5 Å². The average molecular weight is 377 g/mol. The van der Waals surface area contributed by atoms with E-state index < -0.39 is 11.9 Å². The molecule has 0 radical (unpaired) electrons. The summed E-state index contributed by atoms with van der Waals surface area (Å²) in [6.45, 7) is 1.39. The number of hydrazone groups is 1. The number of rotatable bonds is 4. The molecule has 1 amide bonds. The molecule has 2 aromatic carbocycles. The van der Waals surface area contributed by atoms with Crippen LogP contribution in [0.1, 0.15) is 30.5 Å². The first-order chi connectivity index (χ1) is 12.5. The Bertz CT molecular complexity index is 865. The van der Waals surface area contributed by atoms with Crippen LogP contribution in [0.4, 0.5) is 4.39 Å². The molecule has 0 spiro atoms. The van der Waals surface area contributed by atoms with Crippen LogP contribution in [0.3, 0.4) is 0 Å². The van der Waals surface area contributed by atoms with Gasteiger partial charge < -0.3 is 9.47 Å². The van der Waals surface area contributed by atoms with E-state index in [1.54, 1.807) is 32.4 Å². The number of hydrogen-bond acceptors (Lipinski definition) is 4. The maximum atomic E-state index is 14.4. The Morgan fingerprint density at radius 3 is 2.58 bits per heavy atom. The average Bonchev–Trinajstić information content (AvgIpc) is 3.06. The van der Waals surface area contributed by atoms with Gasteiger partial charge in [-0.25, -0.2) is 9.40 Å². The summed E-state index contributed by atoms with van der Waals surface area (Å²) in [6, 6.07) is 9.23. The van der Waals surface area contributed by atoms with Crippen molar-refractivity contribution in [3.05, 3.63) is 58.4 Å². The van der Waals surface area contributed by atoms with E-state index in [-0.39, 0.29) is 16.5 Å². The maximum Gasteiger partial charge on any atom is 0.240 e. The first-order valence-corrected chi connectivity index (χ1v) is 8.37. The molecule has 0 saturated carbocycles. The molecule has 7 heteroatoms. The molecule has 1 heterocycles. The SMILES string of the molecule is COc1ccc(C2=NN(C(C)=O)[C@H](c3c(F)cccc3Cl)C2)cc1OC. The summed E-state index contributed by atoms with van der Waals surface area (Å²) < 4.78 is 24.9. The van der Waals surface area contributed by atoms with Crippen LogP contribution in [0, 0.1) is 5.82 Å². The number of nitrogens with zero attached hydrogens (tertiary/aromatic N) is 2. The van der Waals surface area contributed by atoms with Crippen LogP contribution >= 0.6 is 11.6 Å². The van der Waals surface area contributed by atoms with Gasteiger partial charge in [0.2, 0.25) is 5.91 Å². The lowest BCUT2D eigenvalue weighted by Crippen LogP contribution is -2.25. The molecule has 0 saturated heterocycles. The molecule has 1 aliphatic heterocycles. The summed E-state index contributed by atoms with van der Waals surface area (Å²) >= 11 is 6.20. The monoisotopic (exact) mass is 376 g/mol. The highest BCUT2D eigenvalue weighted by Crippen LogP contribution is 2.38. The molecule has 2 aromatic rings. The summed E-state index contributed by atoms with van der Waals surface area (Å²) in [6.07, 6.45) is 0.343. The molecule has 3 rings (SSSR count). The Kier molecular flexibility index (Phi) is 5.13. The van der Waals surface area contributed by atoms with Gasteiger partial charge >= 0.3 is 0 Å². The van der Waals surface area contributed by atoms with Crippen LogP contribution in [-0.2, 0) is 4.79 Å². The van der Waals surface area contributed by atoms with Gasteiger partial charge in [-0.1, -0.05) is 17.7 Å². The third-order valence-corrected chi connectivity index (χ3v) is 4.61. The van der Waals surface area contributed by atoms with Crippen LogP contribution in [0.15, 0.2) is 41.5 Å². The van der Waals surface area contributed by atoms with Gasteiger partial charge in [-0.3, -0.25) is 4.79 Å². The minimum atomic E-state index is -0.593. The highest BCUT2D eigenvalue weighted by Gasteiger charge is 2.34. The zero-order valence-corrected chi connectivity index (χ0v) is 15.4. The van der Waals surface area contributed by atoms with Crippen molar-refractivity contribution in [3.63, 3.8) is 0 Å². The van der Waals surface area contributed by atoms with Gasteiger partial charge in [-0.2, -0.15) is 5.10 Å². The lowest BCUT2D eigenvalue weighted by molar-refractivity contribution is -0.130. The number of hydrogen-bond donors (Lipinski definition) is 0. The van der Waals surface area contributed by atoms with Crippen molar-refractivity contribution in [1.29, 1.82) is 0 Å². The number of carbonyl (C=O) groups is 1. The maximum absolute atomic E-state index is 14.4. The van der Waals surface area contributed by atoms with Gasteiger partial charge in [0.05, 0.1) is 26.0 Å². The van der Waals surface area contributed by atoms with Crippen LogP contribution in [0.25, 0.3) is 0 Å². The largest absolute Gasteiger partial charge is 0.493 e. The Hall–Kier alpha value is -2.60. The van der Waals surface area contributed by atoms with E-state index in [1.807, 2.05) is 6.07 Å². The second-order valence-corrected chi connectivity index (χ2v) is 6.24. The van der Waals surface area contributed by atoms with E-state index in [0.29, 0.717) is 23.6 Å². The van der Waals surface area contributed by atoms with Gasteiger partial charge in [-0.05, 0) is 30.3 Å². The van der Waals surface area contributed by atoms with E-state index in [1.165, 1.54) is 24.1 Å². The summed E-state index contributed by atoms with van der Waals surface area (Å²) in [7, 11) is 3.10. The number of ether oxygens (including phenoxy) is 2. The lowest BCUT2D eigenvalue weighted by Gasteiger charge is -2.21. The standard InChI is InChI=1S/C19H18ClFN2O3/c1-11(24)23-16(19-13(20)5-4-6-14(19)21)10-15(22-23)12-7-8-17(25-2)18(9-12)26-3/h4-9,16H,10H2,1-3H3/t16-/m0/s1. The fourth-order valence-electron chi connectivity index (χ4n) is 3.04. The lowest BCUT2D eigenvalue weighted by atomic mass is 9.97. The van der Waals surface area contributed by atoms with Crippen LogP contribution in [0.5, 0.6) is 11.5 Å². The zero-order chi connectivity index (χ0) is 18.8. The number of halogens is 2. The Morgan fingerprint density at radius 1 is 1.23 bits per heavy atom. The summed E-state index contributed by atoms with van der Waals surface area (Å²) in [4.78, 5) is 12.1. The predicted molar refractivity (Wildman–Crippen MR) is 97.4 cm³/mol. The van der Waals surface area contributed by atoms with Crippen molar-refractivity contribution in [2.24, 2.45) is 5.10 Å². The number of carbonyl (C=O) groups excluding carboxylic acids is 1. The molecular formula is C19H18ClFN2O3. The Morgan fingerprint density at radius 2 is 1.96 bits per heavy atom. The highest BCUT2D eigenvalue weighted by molar-refractivity contribution is 6.31. The van der Waals surface area contributed by atoms with Crippen molar-refractivity contribution >= 4 is 23.2 Å². The highest BCUT2D eigenvalue weighted by atomic mass is 35.5. The number of benzene rings is 2. The molecule has 0 aromatic heterocycles. The summed E-state index contributed by atoms with van der Waals surface area (Å²) in [5, 5.41) is 5.95. The van der Waals surface area contributed by atoms with E-state index >= 15 is 0 Å². The fourth-order valence-corrected chi connectivity index (χ4v) is 3.33. The van der Waals surface area contributed by atoms with Crippen molar-refractivity contribution < 1.29 is 18.7 Å². The molecule has 26 heavy (non-hydrogen) atoms. The fraction of sp³-hybridized carbons (Fsp3) is 0.263. The van der Waals surface area contributed by atoms with Crippen LogP contribution in [0.2, 0.25) is 5.02 Å². The molecule has 0 fully saturated rings. The topological polar surface area (TPSA) is 51.1 Å². The molecular weight excluding hydrogens is 359 g/mol. The molecule has 5 nitrogen and oxygen atoms in total. The summed E-state index contributed by atoms with van der Waals surface area (Å²) in [5.74, 6) is 0.392. The molecule has 0 unspecified atom stereocenters. The van der Waals surface area contributed by atoms with Crippen molar-refractivity contribution in [2.75, 3.05) is 14.2 Å². The normalized spacial score (nSPS) is 16.4. The van der Waals surface area contributed by atoms with Gasteiger partial charge in [0.25, 0.3) is 0 Å². The molecule has 0 aliphatic carbocycles. The second-order valence-electron chi connectivity index (χ2n) is 5.84. The molecule has 136 valence electrons. The van der Waals surface area contributed by atoms with Crippen molar-refractivity contribution in [3.8, 4) is 11.5 Å². The minimum Gasteiger partial charge on any atom is -0.493 e. The third-order valence-electron chi connectivity index (χ3n) is 4.28. The van der Waals surface area contributed by atoms with E-state index in [4.69, 9.17) is 21.1 Å². The van der Waals surface area contributed by atoms with Gasteiger partial charge in [0.1, 0.15) is 5.82 Å². The van der Waals surface area contributed by atoms with Gasteiger partial charge in [-0.15, -0.1) is 0 Å². The van der Waals surface area contributed by atoms with Crippen molar-refractivity contribution in [1.82, 2.24) is 5.01 Å². The molecule has 1 aliphatic rings. The number of methoxy groups -OCH3 is 2. The van der Waals surface area contributed by atoms with Crippen LogP contribution in [-0.4, -0.2) is 30.8 Å². The first kappa shape index (κ1) is 18.2. The summed E-state index contributed by atoms with van der Waals surface area (Å²) in [5.41, 5.74) is 1.68. The first-order valence-electron chi connectivity index (χ1n) is 7.99. The Balaban J connectivity index is 2.01. The zero-order valence-electron chi connectivity index (χ0n) is 14.6. The minimum absolute atomic E-state index is 0.267. The van der Waals surface area contributed by atoms with Gasteiger partial charge in [0, 0.05) is 29.5 Å². The number of amides is 1. The van der Waals surface area contributed by atoms with E-state index in [2.05, 4.69) is 5.10 Å². The van der Waals surface area contributed by atoms with E-state index in [9.17, 15) is 9.18 Å². The smallest absolute Gasteiger partial charge is 0.240 e. The van der Waals surface area contributed by atoms with Crippen LogP contribution < -0.4 is 9.47 Å². The van der Waals surface area contributed by atoms with Crippen molar-refractivity contribution in [2.45, 2.75) is 19.4 Å².